The van der Waals surface area contributed by atoms with Crippen LogP contribution in [0.5, 0.6) is 11.6 Å². The van der Waals surface area contributed by atoms with Crippen LogP contribution in [-0.2, 0) is 30.6 Å². The fourth-order valence-electron chi connectivity index (χ4n) is 3.59. The molecule has 41 heavy (non-hydrogen) atoms. The topological polar surface area (TPSA) is 165 Å². The van der Waals surface area contributed by atoms with Gasteiger partial charge in [0.1, 0.15) is 11.8 Å². The minimum Gasteiger partial charge on any atom is -0.476 e. The van der Waals surface area contributed by atoms with Gasteiger partial charge < -0.3 is 34.1 Å². The number of imidazole rings is 1. The Bertz CT molecular complexity index is 1350. The van der Waals surface area contributed by atoms with Gasteiger partial charge >= 0.3 is 12.6 Å². The number of fused-ring (bicyclic) bond motifs is 1. The number of anilines is 1. The lowest BCUT2D eigenvalue weighted by Crippen LogP contribution is -2.38. The van der Waals surface area contributed by atoms with Crippen LogP contribution in [0.25, 0.3) is 11.2 Å². The highest BCUT2D eigenvalue weighted by Gasteiger charge is 2.38. The number of benzene rings is 1. The maximum atomic E-state index is 15.6. The van der Waals surface area contributed by atoms with Crippen molar-refractivity contribution in [2.24, 2.45) is 0 Å². The van der Waals surface area contributed by atoms with E-state index in [1.165, 1.54) is 17.8 Å². The van der Waals surface area contributed by atoms with Gasteiger partial charge in [0, 0.05) is 0 Å². The number of aliphatic hydroxyl groups excluding tert-OH is 1. The van der Waals surface area contributed by atoms with E-state index in [1.807, 2.05) is 6.07 Å². The Balaban J connectivity index is 1.79. The minimum atomic E-state index is -3.34. The number of alkyl halides is 1. The van der Waals surface area contributed by atoms with Crippen LogP contribution in [0.15, 0.2) is 36.7 Å². The molecule has 0 aliphatic heterocycles. The average Bonchev–Trinajstić information content (AvgIpc) is 3.32. The van der Waals surface area contributed by atoms with Gasteiger partial charge in [-0.2, -0.15) is 9.97 Å². The number of aromatic nitrogens is 4. The van der Waals surface area contributed by atoms with Crippen molar-refractivity contribution < 1.29 is 37.5 Å². The first kappa shape index (κ1) is 32.6. The van der Waals surface area contributed by atoms with E-state index < -0.39 is 37.2 Å². The number of hydrogen-bond donors (Lipinski definition) is 3. The molecular weight excluding hydrogens is 578 g/mol. The second kappa shape index (κ2) is 14.3. The van der Waals surface area contributed by atoms with Crippen molar-refractivity contribution in [2.45, 2.75) is 58.7 Å². The number of rotatable bonds is 16. The van der Waals surface area contributed by atoms with Crippen molar-refractivity contribution in [1.82, 2.24) is 24.6 Å². The van der Waals surface area contributed by atoms with Crippen LogP contribution < -0.4 is 20.1 Å². The van der Waals surface area contributed by atoms with Gasteiger partial charge in [0.05, 0.1) is 38.9 Å². The Kier molecular flexibility index (Phi) is 11.4. The first-order valence-electron chi connectivity index (χ1n) is 12.9. The van der Waals surface area contributed by atoms with E-state index in [1.54, 1.807) is 52.0 Å². The first-order valence-corrected chi connectivity index (χ1v) is 15.5. The molecule has 0 radical (unpaired) electrons. The van der Waals surface area contributed by atoms with Gasteiger partial charge in [0.15, 0.2) is 23.1 Å². The highest BCUT2D eigenvalue weighted by Crippen LogP contribution is 2.45. The van der Waals surface area contributed by atoms with Gasteiger partial charge in [-0.25, -0.2) is 14.5 Å². The van der Waals surface area contributed by atoms with Gasteiger partial charge in [0.2, 0.25) is 11.8 Å². The van der Waals surface area contributed by atoms with Crippen molar-refractivity contribution in [3.05, 3.63) is 36.7 Å². The lowest BCUT2D eigenvalue weighted by molar-refractivity contribution is -0.149. The predicted molar refractivity (Wildman–Crippen MR) is 154 cm³/mol. The molecule has 0 spiro atoms. The minimum absolute atomic E-state index is 0.107. The van der Waals surface area contributed by atoms with Crippen LogP contribution in [0.2, 0.25) is 0 Å². The number of nitrogens with two attached hydrogens (primary N) is 1. The molecule has 1 aromatic carbocycles. The molecule has 3 rings (SSSR count). The molecule has 4 atom stereocenters. The predicted octanol–water partition coefficient (Wildman–Crippen LogP) is 3.29. The zero-order chi connectivity index (χ0) is 30.2. The number of para-hydroxylation sites is 1. The lowest BCUT2D eigenvalue weighted by Gasteiger charge is -2.30. The number of esters is 1. The fraction of sp³-hybridized carbons (Fsp3) is 0.520. The zero-order valence-corrected chi connectivity index (χ0v) is 25.2. The molecule has 2 heterocycles. The summed E-state index contributed by atoms with van der Waals surface area (Å²) in [5.41, 5.74) is 3.97. The van der Waals surface area contributed by atoms with Crippen molar-refractivity contribution in [3.8, 4) is 11.6 Å². The van der Waals surface area contributed by atoms with E-state index in [4.69, 9.17) is 40.8 Å². The summed E-state index contributed by atoms with van der Waals surface area (Å²) in [5, 5.41) is 12.7. The van der Waals surface area contributed by atoms with Crippen LogP contribution in [0, 0.1) is 0 Å². The monoisotopic (exact) mass is 614 g/mol. The molecule has 226 valence electrons. The fourth-order valence-corrected chi connectivity index (χ4v) is 6.02. The number of carbonyl (C=O) groups excluding carboxylic acids is 1. The molecular formula is C25H36FN6O7PS. The molecule has 3 aromatic rings. The van der Waals surface area contributed by atoms with Crippen molar-refractivity contribution in [3.63, 3.8) is 0 Å². The summed E-state index contributed by atoms with van der Waals surface area (Å²) >= 11 is 5.68. The van der Waals surface area contributed by atoms with E-state index in [0.717, 1.165) is 0 Å². The molecule has 0 bridgehead atoms. The molecule has 0 aliphatic rings. The van der Waals surface area contributed by atoms with E-state index >= 15 is 4.39 Å². The summed E-state index contributed by atoms with van der Waals surface area (Å²) in [6.07, 6.45) is -0.421. The van der Waals surface area contributed by atoms with Gasteiger partial charge in [0.25, 0.3) is 0 Å². The van der Waals surface area contributed by atoms with Gasteiger partial charge in [-0.3, -0.25) is 9.36 Å². The summed E-state index contributed by atoms with van der Waals surface area (Å²) in [6.45, 7) is 3.73. The van der Waals surface area contributed by atoms with Gasteiger partial charge in [-0.15, -0.1) is 0 Å². The van der Waals surface area contributed by atoms with Crippen LogP contribution >= 0.6 is 6.64 Å². The molecule has 0 saturated heterocycles. The molecule has 0 saturated carbocycles. The Morgan fingerprint density at radius 2 is 1.95 bits per heavy atom. The standard InChI is InChI=1S/C25H36FN6O7PS/c1-6-35-21-19-20(29-24(27)30-21)32(15-28-19)23(25(5,26)14-33)36-12-13-37-40(41,39-18-10-8-7-9-11-18)31-17(4)22(34)38-16(2)3/h7-11,15-17,23,33H,6,12-14H2,1-5H3,(H,31,41)(H2,27,29,30)/t17-,23-,25-,40?/m1/s1. The highest BCUT2D eigenvalue weighted by atomic mass is 32.5. The SMILES string of the molecule is CCOc1nc(N)nc2c1ncn2[C@H](OCCOP(=S)(N[C@H](C)C(=O)OC(C)C)Oc1ccccc1)[C@](C)(F)CO. The van der Waals surface area contributed by atoms with E-state index in [-0.39, 0.29) is 42.3 Å². The summed E-state index contributed by atoms with van der Waals surface area (Å²) in [7, 11) is 0. The number of nitrogen functional groups attached to an aromatic ring is 1. The van der Waals surface area contributed by atoms with Crippen LogP contribution in [-0.4, -0.2) is 74.8 Å². The van der Waals surface area contributed by atoms with E-state index in [9.17, 15) is 9.90 Å². The highest BCUT2D eigenvalue weighted by molar-refractivity contribution is 8.09. The molecule has 2 aromatic heterocycles. The maximum Gasteiger partial charge on any atom is 0.323 e. The quantitative estimate of drug-likeness (QED) is 0.122. The largest absolute Gasteiger partial charge is 0.476 e. The molecule has 13 nitrogen and oxygen atoms in total. The molecule has 16 heteroatoms. The third kappa shape index (κ3) is 8.77. The third-order valence-electron chi connectivity index (χ3n) is 5.41. The summed E-state index contributed by atoms with van der Waals surface area (Å²) in [6, 6.07) is 7.88. The van der Waals surface area contributed by atoms with E-state index in [0.29, 0.717) is 12.4 Å². The lowest BCUT2D eigenvalue weighted by atomic mass is 10.1. The Labute approximate surface area is 242 Å². The number of carbonyl (C=O) groups is 1. The Morgan fingerprint density at radius 3 is 2.59 bits per heavy atom. The maximum absolute atomic E-state index is 15.6. The van der Waals surface area contributed by atoms with Crippen molar-refractivity contribution in [1.29, 1.82) is 0 Å². The number of hydrogen-bond acceptors (Lipinski definition) is 12. The molecule has 0 fully saturated rings. The molecule has 0 amide bonds. The smallest absolute Gasteiger partial charge is 0.323 e. The second-order valence-electron chi connectivity index (χ2n) is 9.37. The van der Waals surface area contributed by atoms with Crippen LogP contribution in [0.1, 0.15) is 40.8 Å². The first-order chi connectivity index (χ1) is 19.4. The number of aliphatic hydroxyl groups is 1. The number of halogens is 1. The summed E-state index contributed by atoms with van der Waals surface area (Å²) in [4.78, 5) is 24.9. The van der Waals surface area contributed by atoms with Crippen molar-refractivity contribution >= 4 is 41.5 Å². The number of ether oxygens (including phenoxy) is 3. The molecule has 4 N–H and O–H groups in total. The molecule has 1 unspecified atom stereocenters. The van der Waals surface area contributed by atoms with E-state index in [2.05, 4.69) is 20.0 Å². The van der Waals surface area contributed by atoms with Gasteiger partial charge in [-0.1, -0.05) is 18.2 Å². The van der Waals surface area contributed by atoms with Crippen LogP contribution in [0.4, 0.5) is 10.3 Å². The Morgan fingerprint density at radius 1 is 1.24 bits per heavy atom. The summed E-state index contributed by atoms with van der Waals surface area (Å²) in [5.74, 6) is -0.0725. The van der Waals surface area contributed by atoms with Crippen molar-refractivity contribution in [2.75, 3.05) is 32.2 Å². The normalized spacial score (nSPS) is 16.1. The third-order valence-corrected chi connectivity index (χ3v) is 7.94. The zero-order valence-electron chi connectivity index (χ0n) is 23.5. The second-order valence-corrected chi connectivity index (χ2v) is 12.5. The van der Waals surface area contributed by atoms with Crippen LogP contribution in [0.3, 0.4) is 0 Å². The Hall–Kier alpha value is -2.94. The average molecular weight is 615 g/mol. The van der Waals surface area contributed by atoms with Gasteiger partial charge in [-0.05, 0) is 58.6 Å². The molecule has 0 aliphatic carbocycles. The summed E-state index contributed by atoms with van der Waals surface area (Å²) < 4.78 is 45.3. The number of nitrogens with zero attached hydrogens (tertiary/aromatic N) is 4. The number of nitrogens with one attached hydrogen (secondary N) is 1.